The number of nitro groups is 1. The second-order valence-electron chi connectivity index (χ2n) is 7.21. The molecule has 2 aliphatic heterocycles. The Kier molecular flexibility index (Phi) is 5.37. The van der Waals surface area contributed by atoms with Gasteiger partial charge in [-0.05, 0) is 42.8 Å². The molecular weight excluding hydrogens is 372 g/mol. The third kappa shape index (κ3) is 3.90. The molecule has 1 saturated heterocycles. The van der Waals surface area contributed by atoms with E-state index in [1.807, 2.05) is 0 Å². The van der Waals surface area contributed by atoms with Crippen LogP contribution in [0.3, 0.4) is 0 Å². The summed E-state index contributed by atoms with van der Waals surface area (Å²) in [4.78, 5) is 13.5. The average Bonchev–Trinajstić information content (AvgIpc) is 2.72. The van der Waals surface area contributed by atoms with E-state index in [1.165, 1.54) is 6.07 Å². The Morgan fingerprint density at radius 2 is 2.07 bits per heavy atom. The fourth-order valence-electron chi connectivity index (χ4n) is 3.84. The number of phenols is 1. The molecule has 152 valence electrons. The van der Waals surface area contributed by atoms with Crippen molar-refractivity contribution in [3.63, 3.8) is 0 Å². The fraction of sp³-hybridized carbons (Fsp3) is 0.333. The minimum Gasteiger partial charge on any atom is -0.508 e. The molecule has 4 rings (SSSR count). The van der Waals surface area contributed by atoms with Crippen molar-refractivity contribution in [2.45, 2.75) is 6.42 Å². The first-order valence-electron chi connectivity index (χ1n) is 9.69. The van der Waals surface area contributed by atoms with E-state index >= 15 is 0 Å². The van der Waals surface area contributed by atoms with Crippen molar-refractivity contribution < 1.29 is 14.8 Å². The number of hydrogen-bond donors (Lipinski definition) is 3. The summed E-state index contributed by atoms with van der Waals surface area (Å²) in [6, 6.07) is 8.10. The maximum Gasteiger partial charge on any atom is 0.293 e. The lowest BCUT2D eigenvalue weighted by Crippen LogP contribution is -2.37. The van der Waals surface area contributed by atoms with Crippen LogP contribution in [-0.4, -0.2) is 54.3 Å². The van der Waals surface area contributed by atoms with Gasteiger partial charge < -0.3 is 20.5 Å². The molecule has 0 amide bonds. The monoisotopic (exact) mass is 396 g/mol. The van der Waals surface area contributed by atoms with E-state index in [0.717, 1.165) is 57.1 Å². The molecule has 2 aromatic carbocycles. The molecule has 8 heteroatoms. The van der Waals surface area contributed by atoms with E-state index < -0.39 is 4.92 Å². The Morgan fingerprint density at radius 1 is 1.28 bits per heavy atom. The van der Waals surface area contributed by atoms with Crippen molar-refractivity contribution in [3.05, 3.63) is 58.2 Å². The number of nitrogens with one attached hydrogen (secondary N) is 2. The third-order valence-corrected chi connectivity index (χ3v) is 5.34. The fourth-order valence-corrected chi connectivity index (χ4v) is 3.84. The first kappa shape index (κ1) is 19.2. The Labute approximate surface area is 168 Å². The van der Waals surface area contributed by atoms with Crippen molar-refractivity contribution in [2.24, 2.45) is 0 Å². The minimum atomic E-state index is -0.396. The van der Waals surface area contributed by atoms with Gasteiger partial charge in [-0.1, -0.05) is 6.58 Å². The van der Waals surface area contributed by atoms with Crippen LogP contribution < -0.4 is 10.6 Å². The van der Waals surface area contributed by atoms with Gasteiger partial charge in [0.2, 0.25) is 0 Å². The van der Waals surface area contributed by atoms with Gasteiger partial charge in [0.25, 0.3) is 5.69 Å². The third-order valence-electron chi connectivity index (χ3n) is 5.34. The van der Waals surface area contributed by atoms with Crippen LogP contribution in [0, 0.1) is 10.1 Å². The Hall–Kier alpha value is -3.10. The normalized spacial score (nSPS) is 15.9. The largest absolute Gasteiger partial charge is 0.508 e. The quantitative estimate of drug-likeness (QED) is 0.254. The lowest BCUT2D eigenvalue weighted by atomic mass is 9.90. The molecule has 0 bridgehead atoms. The van der Waals surface area contributed by atoms with Gasteiger partial charge in [0, 0.05) is 48.2 Å². The highest BCUT2D eigenvalue weighted by Crippen LogP contribution is 2.48. The molecule has 0 aliphatic carbocycles. The highest BCUT2D eigenvalue weighted by Gasteiger charge is 2.28. The Morgan fingerprint density at radius 3 is 2.83 bits per heavy atom. The van der Waals surface area contributed by atoms with E-state index in [0.29, 0.717) is 22.5 Å². The van der Waals surface area contributed by atoms with Crippen molar-refractivity contribution in [2.75, 3.05) is 50.0 Å². The minimum absolute atomic E-state index is 0.00117. The SMILES string of the molecule is C=C1c2cc(O)ccc2Nc2c([N+](=O)[O-])ccc(NCCCN3CCOCC3)c21. The van der Waals surface area contributed by atoms with Crippen molar-refractivity contribution >= 4 is 28.3 Å². The van der Waals surface area contributed by atoms with Crippen LogP contribution in [0.25, 0.3) is 5.57 Å². The second-order valence-corrected chi connectivity index (χ2v) is 7.21. The number of aromatic hydroxyl groups is 1. The van der Waals surface area contributed by atoms with Crippen LogP contribution in [0.1, 0.15) is 17.5 Å². The number of ether oxygens (including phenoxy) is 1. The predicted octanol–water partition coefficient (Wildman–Crippen LogP) is 3.55. The zero-order valence-corrected chi connectivity index (χ0v) is 16.1. The van der Waals surface area contributed by atoms with Crippen LogP contribution in [0.4, 0.5) is 22.7 Å². The lowest BCUT2D eigenvalue weighted by molar-refractivity contribution is -0.383. The summed E-state index contributed by atoms with van der Waals surface area (Å²) >= 11 is 0. The molecule has 8 nitrogen and oxygen atoms in total. The lowest BCUT2D eigenvalue weighted by Gasteiger charge is -2.27. The van der Waals surface area contributed by atoms with Crippen LogP contribution >= 0.6 is 0 Å². The molecule has 2 aliphatic rings. The van der Waals surface area contributed by atoms with E-state index in [9.17, 15) is 15.2 Å². The smallest absolute Gasteiger partial charge is 0.293 e. The summed E-state index contributed by atoms with van der Waals surface area (Å²) in [7, 11) is 0. The number of hydrogen-bond acceptors (Lipinski definition) is 7. The Balaban J connectivity index is 1.56. The first-order chi connectivity index (χ1) is 14.0. The predicted molar refractivity (Wildman–Crippen MR) is 113 cm³/mol. The molecular formula is C21H24N4O4. The summed E-state index contributed by atoms with van der Waals surface area (Å²) in [5.41, 5.74) is 3.95. The van der Waals surface area contributed by atoms with E-state index in [1.54, 1.807) is 24.3 Å². The number of nitrogens with zero attached hydrogens (tertiary/aromatic N) is 2. The Bertz CT molecular complexity index is 954. The number of nitro benzene ring substituents is 1. The van der Waals surface area contributed by atoms with Crippen LogP contribution in [-0.2, 0) is 4.74 Å². The molecule has 2 aromatic rings. The zero-order valence-electron chi connectivity index (χ0n) is 16.1. The van der Waals surface area contributed by atoms with Gasteiger partial charge >= 0.3 is 0 Å². The number of morpholine rings is 1. The summed E-state index contributed by atoms with van der Waals surface area (Å²) < 4.78 is 5.37. The number of benzene rings is 2. The van der Waals surface area contributed by atoms with Crippen LogP contribution in [0.15, 0.2) is 36.9 Å². The summed E-state index contributed by atoms with van der Waals surface area (Å²) in [5.74, 6) is 0.126. The highest BCUT2D eigenvalue weighted by molar-refractivity contribution is 6.03. The average molecular weight is 396 g/mol. The zero-order chi connectivity index (χ0) is 20.4. The first-order valence-corrected chi connectivity index (χ1v) is 9.69. The molecule has 0 unspecified atom stereocenters. The van der Waals surface area contributed by atoms with Crippen LogP contribution in [0.5, 0.6) is 5.75 Å². The standard InChI is InChI=1S/C21H24N4O4/c1-14-16-13-15(26)3-4-17(16)23-21-19(25(27)28)6-5-18(20(14)21)22-7-2-8-24-9-11-29-12-10-24/h3-6,13,22-23,26H,1-2,7-12H2. The van der Waals surface area contributed by atoms with E-state index in [2.05, 4.69) is 22.1 Å². The molecule has 0 atom stereocenters. The molecule has 0 radical (unpaired) electrons. The topological polar surface area (TPSA) is 99.9 Å². The highest BCUT2D eigenvalue weighted by atomic mass is 16.6. The van der Waals surface area contributed by atoms with Gasteiger partial charge in [-0.25, -0.2) is 0 Å². The van der Waals surface area contributed by atoms with Crippen molar-refractivity contribution in [1.29, 1.82) is 0 Å². The molecule has 3 N–H and O–H groups in total. The number of rotatable bonds is 6. The van der Waals surface area contributed by atoms with Gasteiger partial charge in [-0.2, -0.15) is 0 Å². The number of phenolic OH excluding ortho intramolecular Hbond substituents is 1. The van der Waals surface area contributed by atoms with Crippen LogP contribution in [0.2, 0.25) is 0 Å². The van der Waals surface area contributed by atoms with Gasteiger partial charge in [0.15, 0.2) is 0 Å². The van der Waals surface area contributed by atoms with E-state index in [-0.39, 0.29) is 11.4 Å². The summed E-state index contributed by atoms with van der Waals surface area (Å²) in [6.45, 7) is 9.34. The van der Waals surface area contributed by atoms with Gasteiger partial charge in [-0.3, -0.25) is 15.0 Å². The van der Waals surface area contributed by atoms with E-state index in [4.69, 9.17) is 4.74 Å². The van der Waals surface area contributed by atoms with Gasteiger partial charge in [0.05, 0.1) is 18.1 Å². The molecule has 0 spiro atoms. The van der Waals surface area contributed by atoms with Crippen molar-refractivity contribution in [1.82, 2.24) is 4.90 Å². The maximum absolute atomic E-state index is 11.6. The number of anilines is 3. The molecule has 1 fully saturated rings. The molecule has 29 heavy (non-hydrogen) atoms. The molecule has 2 heterocycles. The molecule has 0 saturated carbocycles. The molecule has 0 aromatic heterocycles. The van der Waals surface area contributed by atoms with Crippen molar-refractivity contribution in [3.8, 4) is 5.75 Å². The van der Waals surface area contributed by atoms with Gasteiger partial charge in [0.1, 0.15) is 11.4 Å². The van der Waals surface area contributed by atoms with Gasteiger partial charge in [-0.15, -0.1) is 0 Å². The maximum atomic E-state index is 11.6. The number of fused-ring (bicyclic) bond motifs is 2. The second kappa shape index (κ2) is 8.10. The summed E-state index contributed by atoms with van der Waals surface area (Å²) in [6.07, 6.45) is 0.947. The summed E-state index contributed by atoms with van der Waals surface area (Å²) in [5, 5.41) is 28.0.